The van der Waals surface area contributed by atoms with Gasteiger partial charge >= 0.3 is 0 Å². The Labute approximate surface area is 212 Å². The van der Waals surface area contributed by atoms with Crippen LogP contribution in [0.4, 0.5) is 0 Å². The summed E-state index contributed by atoms with van der Waals surface area (Å²) in [6.07, 6.45) is 8.79. The number of methoxy groups -OCH3 is 2. The number of ether oxygens (including phenoxy) is 3. The van der Waals surface area contributed by atoms with Gasteiger partial charge in [-0.2, -0.15) is 0 Å². The van der Waals surface area contributed by atoms with Gasteiger partial charge in [0.2, 0.25) is 5.75 Å². The molecular weight excluding hydrogens is 456 g/mol. The number of aliphatic hydroxyl groups is 3. The molecule has 0 aliphatic rings. The first-order valence-electron chi connectivity index (χ1n) is 11.9. The second-order valence-electron chi connectivity index (χ2n) is 8.23. The summed E-state index contributed by atoms with van der Waals surface area (Å²) in [6.45, 7) is 2.02. The van der Waals surface area contributed by atoms with Gasteiger partial charge in [-0.05, 0) is 69.6 Å². The summed E-state index contributed by atoms with van der Waals surface area (Å²) in [4.78, 5) is 0. The van der Waals surface area contributed by atoms with Crippen molar-refractivity contribution in [3.63, 3.8) is 0 Å². The number of rotatable bonds is 12. The normalized spacial score (nSPS) is 11.4. The van der Waals surface area contributed by atoms with Gasteiger partial charge in [0.15, 0.2) is 11.5 Å². The van der Waals surface area contributed by atoms with Crippen molar-refractivity contribution < 1.29 is 29.5 Å². The topological polar surface area (TPSA) is 88.4 Å². The standard InChI is InChI=1S/C30H34O6/c1-4-13-36-30-28(34-2)16-24(17-29(30)35-3)12-10-22-7-5-21(6-8-22)9-11-23-14-25(18-31)27(20-33)26(15-23)19-32/h5-12,14-17,31-33H,4,13,18-20H2,1-3H3. The molecule has 6 heteroatoms. The van der Waals surface area contributed by atoms with E-state index in [1.807, 2.05) is 79.8 Å². The fraction of sp³-hybridized carbons (Fsp3) is 0.267. The molecule has 0 saturated carbocycles. The van der Waals surface area contributed by atoms with Gasteiger partial charge in [-0.15, -0.1) is 0 Å². The molecule has 0 spiro atoms. The minimum absolute atomic E-state index is 0.197. The zero-order chi connectivity index (χ0) is 25.9. The first kappa shape index (κ1) is 27.0. The highest BCUT2D eigenvalue weighted by Crippen LogP contribution is 2.39. The first-order chi connectivity index (χ1) is 17.6. The highest BCUT2D eigenvalue weighted by Gasteiger charge is 2.13. The van der Waals surface area contributed by atoms with Crippen LogP contribution >= 0.6 is 0 Å². The lowest BCUT2D eigenvalue weighted by atomic mass is 9.98. The molecule has 3 aromatic carbocycles. The molecule has 0 fully saturated rings. The van der Waals surface area contributed by atoms with Crippen molar-refractivity contribution in [1.82, 2.24) is 0 Å². The van der Waals surface area contributed by atoms with Gasteiger partial charge in [0.05, 0.1) is 40.6 Å². The van der Waals surface area contributed by atoms with E-state index in [-0.39, 0.29) is 19.8 Å². The minimum Gasteiger partial charge on any atom is -0.493 e. The second-order valence-corrected chi connectivity index (χ2v) is 8.23. The third-order valence-electron chi connectivity index (χ3n) is 5.76. The van der Waals surface area contributed by atoms with E-state index >= 15 is 0 Å². The Morgan fingerprint density at radius 3 is 1.47 bits per heavy atom. The Kier molecular flexibility index (Phi) is 10.1. The van der Waals surface area contributed by atoms with Crippen molar-refractivity contribution in [2.75, 3.05) is 20.8 Å². The minimum atomic E-state index is -0.221. The number of aliphatic hydroxyl groups excluding tert-OH is 3. The Hall–Kier alpha value is -3.58. The van der Waals surface area contributed by atoms with Crippen molar-refractivity contribution in [3.05, 3.63) is 87.5 Å². The van der Waals surface area contributed by atoms with E-state index in [9.17, 15) is 15.3 Å². The number of hydrogen-bond donors (Lipinski definition) is 3. The number of benzene rings is 3. The molecule has 3 aromatic rings. The highest BCUT2D eigenvalue weighted by molar-refractivity contribution is 5.75. The second kappa shape index (κ2) is 13.5. The average Bonchev–Trinajstić information content (AvgIpc) is 2.93. The molecule has 0 amide bonds. The van der Waals surface area contributed by atoms with Crippen molar-refractivity contribution in [3.8, 4) is 17.2 Å². The summed E-state index contributed by atoms with van der Waals surface area (Å²) in [5, 5.41) is 28.7. The van der Waals surface area contributed by atoms with Crippen LogP contribution in [0.1, 0.15) is 52.3 Å². The van der Waals surface area contributed by atoms with Crippen LogP contribution in [0.2, 0.25) is 0 Å². The lowest BCUT2D eigenvalue weighted by Gasteiger charge is -2.15. The van der Waals surface area contributed by atoms with Crippen LogP contribution in [0.3, 0.4) is 0 Å². The highest BCUT2D eigenvalue weighted by atomic mass is 16.5. The molecule has 0 saturated heterocycles. The maximum Gasteiger partial charge on any atom is 0.203 e. The van der Waals surface area contributed by atoms with Gasteiger partial charge in [-0.3, -0.25) is 0 Å². The van der Waals surface area contributed by atoms with Gasteiger partial charge in [0, 0.05) is 0 Å². The summed E-state index contributed by atoms with van der Waals surface area (Å²) in [5.41, 5.74) is 5.63. The predicted molar refractivity (Wildman–Crippen MR) is 144 cm³/mol. The molecule has 0 bridgehead atoms. The molecule has 6 nitrogen and oxygen atoms in total. The Morgan fingerprint density at radius 2 is 1.08 bits per heavy atom. The fourth-order valence-corrected chi connectivity index (χ4v) is 3.85. The summed E-state index contributed by atoms with van der Waals surface area (Å²) in [5.74, 6) is 1.87. The van der Waals surface area contributed by atoms with Gasteiger partial charge in [0.25, 0.3) is 0 Å². The van der Waals surface area contributed by atoms with E-state index in [0.717, 1.165) is 28.7 Å². The van der Waals surface area contributed by atoms with Crippen LogP contribution in [-0.2, 0) is 19.8 Å². The molecule has 0 aliphatic carbocycles. The van der Waals surface area contributed by atoms with Crippen molar-refractivity contribution in [2.45, 2.75) is 33.2 Å². The summed E-state index contributed by atoms with van der Waals surface area (Å²) in [7, 11) is 3.23. The van der Waals surface area contributed by atoms with E-state index in [1.165, 1.54) is 0 Å². The van der Waals surface area contributed by atoms with Gasteiger partial charge in [-0.1, -0.05) is 55.5 Å². The summed E-state index contributed by atoms with van der Waals surface area (Å²) in [6, 6.07) is 15.6. The molecule has 0 unspecified atom stereocenters. The molecule has 0 heterocycles. The lowest BCUT2D eigenvalue weighted by Crippen LogP contribution is -2.01. The fourth-order valence-electron chi connectivity index (χ4n) is 3.85. The molecular formula is C30H34O6. The predicted octanol–water partition coefficient (Wildman–Crippen LogP) is 5.31. The zero-order valence-electron chi connectivity index (χ0n) is 21.0. The molecule has 3 rings (SSSR count). The van der Waals surface area contributed by atoms with Crippen LogP contribution in [0, 0.1) is 0 Å². The molecule has 0 aromatic heterocycles. The van der Waals surface area contributed by atoms with Crippen LogP contribution in [0.5, 0.6) is 17.2 Å². The Balaban J connectivity index is 1.76. The Bertz CT molecular complexity index is 1140. The monoisotopic (exact) mass is 490 g/mol. The molecule has 190 valence electrons. The maximum atomic E-state index is 9.61. The van der Waals surface area contributed by atoms with E-state index in [0.29, 0.717) is 40.5 Å². The molecule has 0 aliphatic heterocycles. The van der Waals surface area contributed by atoms with Gasteiger partial charge < -0.3 is 29.5 Å². The molecule has 36 heavy (non-hydrogen) atoms. The zero-order valence-corrected chi connectivity index (χ0v) is 21.0. The molecule has 0 atom stereocenters. The van der Waals surface area contributed by atoms with Crippen LogP contribution < -0.4 is 14.2 Å². The third-order valence-corrected chi connectivity index (χ3v) is 5.76. The molecule has 0 radical (unpaired) electrons. The SMILES string of the molecule is CCCOc1c(OC)cc(C=Cc2ccc(C=Cc3cc(CO)c(CO)c(CO)c3)cc2)cc1OC. The number of hydrogen-bond acceptors (Lipinski definition) is 6. The van der Waals surface area contributed by atoms with Gasteiger partial charge in [0.1, 0.15) is 0 Å². The first-order valence-corrected chi connectivity index (χ1v) is 11.9. The molecule has 3 N–H and O–H groups in total. The van der Waals surface area contributed by atoms with E-state index in [4.69, 9.17) is 14.2 Å². The Morgan fingerprint density at radius 1 is 0.639 bits per heavy atom. The quantitative estimate of drug-likeness (QED) is 0.298. The van der Waals surface area contributed by atoms with Crippen molar-refractivity contribution >= 4 is 24.3 Å². The van der Waals surface area contributed by atoms with Crippen molar-refractivity contribution in [2.24, 2.45) is 0 Å². The summed E-state index contributed by atoms with van der Waals surface area (Å²) >= 11 is 0. The van der Waals surface area contributed by atoms with E-state index in [1.54, 1.807) is 14.2 Å². The van der Waals surface area contributed by atoms with Crippen LogP contribution in [0.25, 0.3) is 24.3 Å². The maximum absolute atomic E-state index is 9.61. The third kappa shape index (κ3) is 6.76. The average molecular weight is 491 g/mol. The van der Waals surface area contributed by atoms with E-state index < -0.39 is 0 Å². The lowest BCUT2D eigenvalue weighted by molar-refractivity contribution is 0.247. The largest absolute Gasteiger partial charge is 0.493 e. The van der Waals surface area contributed by atoms with Crippen LogP contribution in [0.15, 0.2) is 48.5 Å². The van der Waals surface area contributed by atoms with Crippen LogP contribution in [-0.4, -0.2) is 36.1 Å². The smallest absolute Gasteiger partial charge is 0.203 e. The summed E-state index contributed by atoms with van der Waals surface area (Å²) < 4.78 is 16.8. The van der Waals surface area contributed by atoms with E-state index in [2.05, 4.69) is 0 Å². The van der Waals surface area contributed by atoms with Gasteiger partial charge in [-0.25, -0.2) is 0 Å². The van der Waals surface area contributed by atoms with Crippen molar-refractivity contribution in [1.29, 1.82) is 0 Å².